The van der Waals surface area contributed by atoms with Crippen molar-refractivity contribution in [2.75, 3.05) is 5.75 Å². The second-order valence-corrected chi connectivity index (χ2v) is 9.25. The third-order valence-electron chi connectivity index (χ3n) is 4.91. The number of hydrogen-bond donors (Lipinski definition) is 0. The number of aryl methyl sites for hydroxylation is 1. The molecule has 0 aromatic carbocycles. The Kier molecular flexibility index (Phi) is 6.78. The summed E-state index contributed by atoms with van der Waals surface area (Å²) >= 11 is 3.12. The number of carbonyl (C=O) groups is 1. The fourth-order valence-corrected chi connectivity index (χ4v) is 4.89. The molecule has 0 saturated heterocycles. The smallest absolute Gasteiger partial charge is 0.191 e. The van der Waals surface area contributed by atoms with Gasteiger partial charge in [-0.1, -0.05) is 31.7 Å². The predicted octanol–water partition coefficient (Wildman–Crippen LogP) is 5.47. The van der Waals surface area contributed by atoms with E-state index in [1.54, 1.807) is 11.3 Å². The third kappa shape index (κ3) is 4.41. The zero-order valence-electron chi connectivity index (χ0n) is 17.2. The van der Waals surface area contributed by atoms with Crippen LogP contribution in [0.25, 0.3) is 10.7 Å². The van der Waals surface area contributed by atoms with Gasteiger partial charge in [0.15, 0.2) is 16.8 Å². The largest absolute Gasteiger partial charge is 0.348 e. The Morgan fingerprint density at radius 2 is 2.04 bits per heavy atom. The Morgan fingerprint density at radius 3 is 2.68 bits per heavy atom. The Labute approximate surface area is 175 Å². The van der Waals surface area contributed by atoms with Gasteiger partial charge in [0.1, 0.15) is 0 Å². The molecule has 3 aromatic rings. The number of thiophene rings is 1. The van der Waals surface area contributed by atoms with Gasteiger partial charge in [-0.25, -0.2) is 0 Å². The van der Waals surface area contributed by atoms with Gasteiger partial charge in [-0.2, -0.15) is 0 Å². The highest BCUT2D eigenvalue weighted by molar-refractivity contribution is 7.99. The number of nitrogens with zero attached hydrogens (tertiary/aromatic N) is 4. The molecule has 28 heavy (non-hydrogen) atoms. The zero-order chi connectivity index (χ0) is 20.3. The molecule has 0 aliphatic carbocycles. The van der Waals surface area contributed by atoms with E-state index in [0.29, 0.717) is 11.7 Å². The summed E-state index contributed by atoms with van der Waals surface area (Å²) in [4.78, 5) is 14.0. The number of carbonyl (C=O) groups excluding carboxylic acids is 1. The van der Waals surface area contributed by atoms with Crippen molar-refractivity contribution in [3.05, 3.63) is 40.5 Å². The highest BCUT2D eigenvalue weighted by atomic mass is 32.2. The van der Waals surface area contributed by atoms with Crippen molar-refractivity contribution in [3.63, 3.8) is 0 Å². The molecule has 0 aliphatic rings. The average Bonchev–Trinajstić information content (AvgIpc) is 3.37. The van der Waals surface area contributed by atoms with Crippen LogP contribution in [0.15, 0.2) is 28.7 Å². The molecule has 7 heteroatoms. The third-order valence-corrected chi connectivity index (χ3v) is 6.74. The molecule has 0 fully saturated rings. The van der Waals surface area contributed by atoms with Crippen molar-refractivity contribution >= 4 is 28.9 Å². The number of thioether (sulfide) groups is 1. The molecular formula is C21H28N4OS2. The van der Waals surface area contributed by atoms with E-state index >= 15 is 0 Å². The first kappa shape index (κ1) is 20.9. The highest BCUT2D eigenvalue weighted by Crippen LogP contribution is 2.28. The quantitative estimate of drug-likeness (QED) is 0.343. The molecule has 0 aliphatic heterocycles. The summed E-state index contributed by atoms with van der Waals surface area (Å²) in [6.07, 6.45) is 1.11. The van der Waals surface area contributed by atoms with Crippen LogP contribution in [0.2, 0.25) is 0 Å². The fraction of sp³-hybridized carbons (Fsp3) is 0.476. The summed E-state index contributed by atoms with van der Waals surface area (Å²) < 4.78 is 4.34. The van der Waals surface area contributed by atoms with Crippen LogP contribution in [-0.2, 0) is 13.1 Å². The molecule has 5 nitrogen and oxygen atoms in total. The fourth-order valence-electron chi connectivity index (χ4n) is 3.29. The molecule has 3 rings (SSSR count). The molecule has 0 radical (unpaired) electrons. The van der Waals surface area contributed by atoms with Crippen LogP contribution < -0.4 is 0 Å². The van der Waals surface area contributed by atoms with Crippen LogP contribution in [0.5, 0.6) is 0 Å². The van der Waals surface area contributed by atoms with E-state index in [1.165, 1.54) is 11.8 Å². The maximum atomic E-state index is 12.9. The van der Waals surface area contributed by atoms with E-state index in [4.69, 9.17) is 0 Å². The van der Waals surface area contributed by atoms with Crippen LogP contribution in [0, 0.1) is 19.8 Å². The van der Waals surface area contributed by atoms with E-state index in [1.807, 2.05) is 23.6 Å². The first-order valence-electron chi connectivity index (χ1n) is 9.72. The highest BCUT2D eigenvalue weighted by Gasteiger charge is 2.19. The van der Waals surface area contributed by atoms with Gasteiger partial charge in [0.25, 0.3) is 0 Å². The summed E-state index contributed by atoms with van der Waals surface area (Å²) in [7, 11) is 0. The van der Waals surface area contributed by atoms with E-state index in [-0.39, 0.29) is 5.78 Å². The SMILES string of the molecule is CCn1c(SCC(=O)c2cc(C)n(CCC(C)C)c2C)nnc1-c1cccs1. The van der Waals surface area contributed by atoms with Crippen LogP contribution in [-0.4, -0.2) is 30.9 Å². The summed E-state index contributed by atoms with van der Waals surface area (Å²) in [5.74, 6) is 2.04. The molecule has 0 atom stereocenters. The standard InChI is InChI=1S/C21H28N4OS2/c1-6-24-20(19-8-7-11-27-19)22-23-21(24)28-13-18(26)17-12-15(4)25(16(17)5)10-9-14(2)3/h7-8,11-12,14H,6,9-10,13H2,1-5H3. The van der Waals surface area contributed by atoms with Crippen LogP contribution in [0.1, 0.15) is 48.9 Å². The lowest BCUT2D eigenvalue weighted by Crippen LogP contribution is -2.09. The van der Waals surface area contributed by atoms with Gasteiger partial charge in [-0.15, -0.1) is 21.5 Å². The lowest BCUT2D eigenvalue weighted by Gasteiger charge is -2.11. The summed E-state index contributed by atoms with van der Waals surface area (Å²) in [6, 6.07) is 6.09. The monoisotopic (exact) mass is 416 g/mol. The predicted molar refractivity (Wildman–Crippen MR) is 117 cm³/mol. The van der Waals surface area contributed by atoms with Gasteiger partial charge in [0.05, 0.1) is 10.6 Å². The summed E-state index contributed by atoms with van der Waals surface area (Å²) in [6.45, 7) is 12.4. The summed E-state index contributed by atoms with van der Waals surface area (Å²) in [5, 5.41) is 11.5. The van der Waals surface area contributed by atoms with Gasteiger partial charge in [0, 0.05) is 30.0 Å². The Balaban J connectivity index is 1.72. The Morgan fingerprint density at radius 1 is 1.25 bits per heavy atom. The maximum Gasteiger partial charge on any atom is 0.191 e. The molecule has 3 aromatic heterocycles. The van der Waals surface area contributed by atoms with E-state index < -0.39 is 0 Å². The molecule has 0 amide bonds. The van der Waals surface area contributed by atoms with Crippen LogP contribution in [0.4, 0.5) is 0 Å². The molecule has 0 unspecified atom stereocenters. The molecular weight excluding hydrogens is 388 g/mol. The molecule has 0 bridgehead atoms. The molecule has 0 N–H and O–H groups in total. The number of hydrogen-bond acceptors (Lipinski definition) is 5. The van der Waals surface area contributed by atoms with Gasteiger partial charge in [-0.3, -0.25) is 4.79 Å². The maximum absolute atomic E-state index is 12.9. The lowest BCUT2D eigenvalue weighted by molar-refractivity contribution is 0.102. The first-order valence-corrected chi connectivity index (χ1v) is 11.6. The van der Waals surface area contributed by atoms with Crippen molar-refractivity contribution in [1.29, 1.82) is 0 Å². The van der Waals surface area contributed by atoms with Crippen molar-refractivity contribution in [2.24, 2.45) is 5.92 Å². The van der Waals surface area contributed by atoms with Gasteiger partial charge < -0.3 is 9.13 Å². The van der Waals surface area contributed by atoms with Crippen molar-refractivity contribution in [2.45, 2.75) is 59.3 Å². The van der Waals surface area contributed by atoms with Crippen molar-refractivity contribution in [1.82, 2.24) is 19.3 Å². The Bertz CT molecular complexity index is 938. The van der Waals surface area contributed by atoms with E-state index in [0.717, 1.165) is 52.3 Å². The number of Topliss-reactive ketones (excluding diaryl/α,β-unsaturated/α-hetero) is 1. The average molecular weight is 417 g/mol. The number of rotatable bonds is 9. The zero-order valence-corrected chi connectivity index (χ0v) is 18.9. The topological polar surface area (TPSA) is 52.7 Å². The van der Waals surface area contributed by atoms with Crippen molar-refractivity contribution < 1.29 is 4.79 Å². The second kappa shape index (κ2) is 9.09. The summed E-state index contributed by atoms with van der Waals surface area (Å²) in [5.41, 5.74) is 3.05. The van der Waals surface area contributed by atoms with Gasteiger partial charge in [-0.05, 0) is 50.6 Å². The van der Waals surface area contributed by atoms with E-state index in [9.17, 15) is 4.79 Å². The van der Waals surface area contributed by atoms with Crippen LogP contribution >= 0.6 is 23.1 Å². The minimum absolute atomic E-state index is 0.150. The number of ketones is 1. The lowest BCUT2D eigenvalue weighted by atomic mass is 10.1. The normalized spacial score (nSPS) is 11.5. The van der Waals surface area contributed by atoms with E-state index in [2.05, 4.69) is 54.0 Å². The molecule has 0 saturated carbocycles. The molecule has 0 spiro atoms. The number of aromatic nitrogens is 4. The second-order valence-electron chi connectivity index (χ2n) is 7.36. The van der Waals surface area contributed by atoms with Crippen molar-refractivity contribution in [3.8, 4) is 10.7 Å². The Hall–Kier alpha value is -1.86. The van der Waals surface area contributed by atoms with Crippen LogP contribution in [0.3, 0.4) is 0 Å². The van der Waals surface area contributed by atoms with Gasteiger partial charge >= 0.3 is 0 Å². The minimum atomic E-state index is 0.150. The molecule has 3 heterocycles. The first-order chi connectivity index (χ1) is 13.4. The molecule has 150 valence electrons. The van der Waals surface area contributed by atoms with Gasteiger partial charge in [0.2, 0.25) is 0 Å². The minimum Gasteiger partial charge on any atom is -0.348 e.